The minimum absolute atomic E-state index is 0.0268. The molecule has 0 aliphatic heterocycles. The van der Waals surface area contributed by atoms with Crippen molar-refractivity contribution in [1.29, 1.82) is 0 Å². The molecule has 2 atom stereocenters. The predicted octanol–water partition coefficient (Wildman–Crippen LogP) is 4.85. The third kappa shape index (κ3) is 3.79. The molecule has 2 aromatic rings. The fraction of sp³-hybridized carbons (Fsp3) is 0.438. The maximum atomic E-state index is 6.31. The standard InChI is InChI=1S/C16H21Cl2N3/c1-10(2)6-15(19)16-8-20-9-21(16)11(3)13-5-4-12(17)7-14(13)18/h4-5,7-11,15H,6,19H2,1-3H3. The van der Waals surface area contributed by atoms with Crippen molar-refractivity contribution in [2.24, 2.45) is 11.7 Å². The Balaban J connectivity index is 2.32. The van der Waals surface area contributed by atoms with Crippen LogP contribution in [0.5, 0.6) is 0 Å². The summed E-state index contributed by atoms with van der Waals surface area (Å²) in [7, 11) is 0. The molecule has 0 aliphatic rings. The normalized spacial score (nSPS) is 14.4. The second-order valence-corrected chi connectivity index (χ2v) is 6.65. The number of hydrogen-bond donors (Lipinski definition) is 1. The number of imidazole rings is 1. The third-order valence-electron chi connectivity index (χ3n) is 3.63. The topological polar surface area (TPSA) is 43.8 Å². The molecule has 114 valence electrons. The first-order valence-electron chi connectivity index (χ1n) is 7.12. The maximum Gasteiger partial charge on any atom is 0.0954 e. The average Bonchev–Trinajstić information content (AvgIpc) is 2.86. The summed E-state index contributed by atoms with van der Waals surface area (Å²) < 4.78 is 2.09. The molecule has 0 aliphatic carbocycles. The minimum Gasteiger partial charge on any atom is -0.326 e. The van der Waals surface area contributed by atoms with Gasteiger partial charge in [-0.2, -0.15) is 0 Å². The Hall–Kier alpha value is -1.03. The van der Waals surface area contributed by atoms with Gasteiger partial charge < -0.3 is 10.3 Å². The van der Waals surface area contributed by atoms with Crippen LogP contribution in [-0.2, 0) is 0 Å². The monoisotopic (exact) mass is 325 g/mol. The van der Waals surface area contributed by atoms with Gasteiger partial charge in [0, 0.05) is 22.3 Å². The van der Waals surface area contributed by atoms with Gasteiger partial charge >= 0.3 is 0 Å². The molecule has 1 aromatic heterocycles. The molecule has 0 bridgehead atoms. The van der Waals surface area contributed by atoms with Crippen molar-refractivity contribution in [3.63, 3.8) is 0 Å². The van der Waals surface area contributed by atoms with Gasteiger partial charge in [-0.3, -0.25) is 0 Å². The van der Waals surface area contributed by atoms with Crippen LogP contribution in [0, 0.1) is 5.92 Å². The van der Waals surface area contributed by atoms with Gasteiger partial charge in [0.1, 0.15) is 0 Å². The number of aromatic nitrogens is 2. The van der Waals surface area contributed by atoms with Crippen molar-refractivity contribution in [2.75, 3.05) is 0 Å². The van der Waals surface area contributed by atoms with E-state index in [1.807, 2.05) is 24.7 Å². The SMILES string of the molecule is CC(C)CC(N)c1cncn1C(C)c1ccc(Cl)cc1Cl. The average molecular weight is 326 g/mol. The van der Waals surface area contributed by atoms with E-state index in [0.29, 0.717) is 16.0 Å². The van der Waals surface area contributed by atoms with Gasteiger partial charge in [-0.1, -0.05) is 43.1 Å². The first-order valence-corrected chi connectivity index (χ1v) is 7.88. The molecule has 3 nitrogen and oxygen atoms in total. The molecular formula is C16H21Cl2N3. The number of hydrogen-bond acceptors (Lipinski definition) is 2. The van der Waals surface area contributed by atoms with Crippen molar-refractivity contribution in [3.8, 4) is 0 Å². The van der Waals surface area contributed by atoms with E-state index in [1.165, 1.54) is 0 Å². The lowest BCUT2D eigenvalue weighted by molar-refractivity contribution is 0.475. The minimum atomic E-state index is -0.0268. The van der Waals surface area contributed by atoms with E-state index in [9.17, 15) is 0 Å². The van der Waals surface area contributed by atoms with Crippen molar-refractivity contribution in [2.45, 2.75) is 39.3 Å². The van der Waals surface area contributed by atoms with E-state index in [0.717, 1.165) is 17.7 Å². The number of benzene rings is 1. The Morgan fingerprint density at radius 2 is 1.95 bits per heavy atom. The van der Waals surface area contributed by atoms with Crippen molar-refractivity contribution < 1.29 is 0 Å². The fourth-order valence-corrected chi connectivity index (χ4v) is 3.11. The van der Waals surface area contributed by atoms with Crippen LogP contribution in [0.4, 0.5) is 0 Å². The van der Waals surface area contributed by atoms with E-state index < -0.39 is 0 Å². The Morgan fingerprint density at radius 3 is 2.57 bits per heavy atom. The lowest BCUT2D eigenvalue weighted by Gasteiger charge is -2.22. The lowest BCUT2D eigenvalue weighted by Crippen LogP contribution is -2.19. The van der Waals surface area contributed by atoms with Crippen LogP contribution in [-0.4, -0.2) is 9.55 Å². The Bertz CT molecular complexity index is 607. The zero-order chi connectivity index (χ0) is 15.6. The first kappa shape index (κ1) is 16.3. The third-order valence-corrected chi connectivity index (χ3v) is 4.19. The highest BCUT2D eigenvalue weighted by atomic mass is 35.5. The van der Waals surface area contributed by atoms with E-state index in [-0.39, 0.29) is 12.1 Å². The summed E-state index contributed by atoms with van der Waals surface area (Å²) in [5, 5.41) is 1.30. The quantitative estimate of drug-likeness (QED) is 0.854. The van der Waals surface area contributed by atoms with Gasteiger partial charge in [0.25, 0.3) is 0 Å². The van der Waals surface area contributed by atoms with Gasteiger partial charge in [-0.25, -0.2) is 4.98 Å². The second kappa shape index (κ2) is 6.82. The van der Waals surface area contributed by atoms with Crippen LogP contribution in [0.25, 0.3) is 0 Å². The summed E-state index contributed by atoms with van der Waals surface area (Å²) in [4.78, 5) is 4.26. The van der Waals surface area contributed by atoms with Crippen LogP contribution >= 0.6 is 23.2 Å². The van der Waals surface area contributed by atoms with Gasteiger partial charge in [-0.15, -0.1) is 0 Å². The molecule has 1 heterocycles. The highest BCUT2D eigenvalue weighted by Crippen LogP contribution is 2.31. The predicted molar refractivity (Wildman–Crippen MR) is 88.9 cm³/mol. The second-order valence-electron chi connectivity index (χ2n) is 5.80. The molecule has 0 amide bonds. The number of nitrogens with two attached hydrogens (primary N) is 1. The number of nitrogens with zero attached hydrogens (tertiary/aromatic N) is 2. The van der Waals surface area contributed by atoms with Crippen molar-refractivity contribution >= 4 is 23.2 Å². The molecule has 0 saturated carbocycles. The molecule has 1 aromatic carbocycles. The molecule has 0 fully saturated rings. The number of rotatable bonds is 5. The van der Waals surface area contributed by atoms with E-state index >= 15 is 0 Å². The van der Waals surface area contributed by atoms with Gasteiger partial charge in [0.05, 0.1) is 18.1 Å². The van der Waals surface area contributed by atoms with Gasteiger partial charge in [0.15, 0.2) is 0 Å². The lowest BCUT2D eigenvalue weighted by atomic mass is 10.0. The van der Waals surface area contributed by atoms with Crippen LogP contribution in [0.15, 0.2) is 30.7 Å². The summed E-state index contributed by atoms with van der Waals surface area (Å²) in [5.74, 6) is 0.540. The molecule has 0 radical (unpaired) electrons. The van der Waals surface area contributed by atoms with Crippen LogP contribution in [0.3, 0.4) is 0 Å². The summed E-state index contributed by atoms with van der Waals surface area (Å²) in [6.45, 7) is 6.42. The largest absolute Gasteiger partial charge is 0.326 e. The molecule has 0 spiro atoms. The van der Waals surface area contributed by atoms with Crippen molar-refractivity contribution in [1.82, 2.24) is 9.55 Å². The fourth-order valence-electron chi connectivity index (χ4n) is 2.54. The highest BCUT2D eigenvalue weighted by molar-refractivity contribution is 6.35. The molecular weight excluding hydrogens is 305 g/mol. The molecule has 0 saturated heterocycles. The van der Waals surface area contributed by atoms with Gasteiger partial charge in [0.2, 0.25) is 0 Å². The summed E-state index contributed by atoms with van der Waals surface area (Å²) >= 11 is 12.3. The zero-order valence-electron chi connectivity index (χ0n) is 12.6. The summed E-state index contributed by atoms with van der Waals surface area (Å²) in [6.07, 6.45) is 4.57. The molecule has 21 heavy (non-hydrogen) atoms. The molecule has 2 unspecified atom stereocenters. The Kier molecular flexibility index (Phi) is 5.31. The van der Waals surface area contributed by atoms with Crippen molar-refractivity contribution in [3.05, 3.63) is 52.0 Å². The maximum absolute atomic E-state index is 6.31. The number of halogens is 2. The Morgan fingerprint density at radius 1 is 1.24 bits per heavy atom. The zero-order valence-corrected chi connectivity index (χ0v) is 14.1. The van der Waals surface area contributed by atoms with Crippen LogP contribution in [0.1, 0.15) is 50.5 Å². The van der Waals surface area contributed by atoms with Crippen LogP contribution < -0.4 is 5.73 Å². The summed E-state index contributed by atoms with van der Waals surface area (Å²) in [6, 6.07) is 5.60. The van der Waals surface area contributed by atoms with E-state index in [1.54, 1.807) is 6.07 Å². The van der Waals surface area contributed by atoms with E-state index in [2.05, 4.69) is 30.3 Å². The Labute approximate surface area is 136 Å². The smallest absolute Gasteiger partial charge is 0.0954 e. The van der Waals surface area contributed by atoms with Crippen LogP contribution in [0.2, 0.25) is 10.0 Å². The highest BCUT2D eigenvalue weighted by Gasteiger charge is 2.19. The summed E-state index contributed by atoms with van der Waals surface area (Å²) in [5.41, 5.74) is 8.35. The van der Waals surface area contributed by atoms with Gasteiger partial charge in [-0.05, 0) is 37.0 Å². The first-order chi connectivity index (χ1) is 9.90. The molecule has 2 rings (SSSR count). The molecule has 2 N–H and O–H groups in total. The molecule has 5 heteroatoms. The van der Waals surface area contributed by atoms with E-state index in [4.69, 9.17) is 28.9 Å².